The Kier molecular flexibility index (Phi) is 4.78. The Morgan fingerprint density at radius 2 is 2.33 bits per heavy atom. The molecular formula is C11H17NO2S. The highest BCUT2D eigenvalue weighted by Gasteiger charge is 2.18. The first-order chi connectivity index (χ1) is 7.15. The van der Waals surface area contributed by atoms with E-state index >= 15 is 0 Å². The second-order valence-electron chi connectivity index (χ2n) is 3.74. The number of amides is 1. The van der Waals surface area contributed by atoms with Crippen molar-refractivity contribution in [2.24, 2.45) is 5.92 Å². The lowest BCUT2D eigenvalue weighted by atomic mass is 10.0. The number of nitrogens with one attached hydrogen (secondary N) is 1. The van der Waals surface area contributed by atoms with E-state index < -0.39 is 0 Å². The van der Waals surface area contributed by atoms with Gasteiger partial charge in [0.1, 0.15) is 6.61 Å². The molecule has 0 saturated carbocycles. The molecule has 1 rings (SSSR count). The number of carbonyl (C=O) groups is 1. The van der Waals surface area contributed by atoms with Crippen LogP contribution < -0.4 is 5.32 Å². The molecule has 1 aromatic rings. The monoisotopic (exact) mass is 227 g/mol. The molecule has 84 valence electrons. The van der Waals surface area contributed by atoms with Crippen LogP contribution in [-0.4, -0.2) is 19.6 Å². The molecule has 1 aromatic heterocycles. The molecule has 0 aliphatic carbocycles. The van der Waals surface area contributed by atoms with Gasteiger partial charge in [0, 0.05) is 12.0 Å². The maximum Gasteiger partial charge on any atom is 0.246 e. The maximum absolute atomic E-state index is 11.4. The summed E-state index contributed by atoms with van der Waals surface area (Å²) in [5.41, 5.74) is 0. The summed E-state index contributed by atoms with van der Waals surface area (Å²) in [5, 5.41) is 4.99. The average Bonchev–Trinajstić information content (AvgIpc) is 2.66. The van der Waals surface area contributed by atoms with Crippen molar-refractivity contribution in [2.75, 3.05) is 13.7 Å². The number of hydrogen-bond acceptors (Lipinski definition) is 3. The topological polar surface area (TPSA) is 38.3 Å². The minimum atomic E-state index is -0.0652. The predicted molar refractivity (Wildman–Crippen MR) is 61.9 cm³/mol. The molecule has 0 fully saturated rings. The van der Waals surface area contributed by atoms with Crippen LogP contribution in [0.2, 0.25) is 0 Å². The van der Waals surface area contributed by atoms with Gasteiger partial charge in [-0.05, 0) is 17.4 Å². The highest BCUT2D eigenvalue weighted by atomic mass is 32.1. The van der Waals surface area contributed by atoms with Crippen LogP contribution in [0.1, 0.15) is 24.8 Å². The van der Waals surface area contributed by atoms with E-state index in [1.807, 2.05) is 17.5 Å². The van der Waals surface area contributed by atoms with Crippen molar-refractivity contribution in [3.8, 4) is 0 Å². The molecule has 15 heavy (non-hydrogen) atoms. The summed E-state index contributed by atoms with van der Waals surface area (Å²) in [6, 6.07) is 4.13. The van der Waals surface area contributed by atoms with Gasteiger partial charge < -0.3 is 10.1 Å². The van der Waals surface area contributed by atoms with E-state index in [0.717, 1.165) is 0 Å². The van der Waals surface area contributed by atoms with Gasteiger partial charge in [-0.3, -0.25) is 4.79 Å². The summed E-state index contributed by atoms with van der Waals surface area (Å²) < 4.78 is 4.79. The SMILES string of the molecule is COCC(=O)NC(c1cccs1)C(C)C. The lowest BCUT2D eigenvalue weighted by Gasteiger charge is -2.20. The Balaban J connectivity index is 2.64. The summed E-state index contributed by atoms with van der Waals surface area (Å²) >= 11 is 1.66. The van der Waals surface area contributed by atoms with E-state index in [2.05, 4.69) is 19.2 Å². The third kappa shape index (κ3) is 3.64. The molecule has 1 amide bonds. The normalized spacial score (nSPS) is 12.8. The number of rotatable bonds is 5. The number of carbonyl (C=O) groups excluding carboxylic acids is 1. The number of thiophene rings is 1. The van der Waals surface area contributed by atoms with Crippen LogP contribution in [0.15, 0.2) is 17.5 Å². The van der Waals surface area contributed by atoms with E-state index in [4.69, 9.17) is 4.74 Å². The molecule has 1 unspecified atom stereocenters. The van der Waals surface area contributed by atoms with Gasteiger partial charge in [0.05, 0.1) is 6.04 Å². The van der Waals surface area contributed by atoms with E-state index in [0.29, 0.717) is 5.92 Å². The number of ether oxygens (including phenoxy) is 1. The largest absolute Gasteiger partial charge is 0.375 e. The van der Waals surface area contributed by atoms with Crippen molar-refractivity contribution >= 4 is 17.2 Å². The van der Waals surface area contributed by atoms with Gasteiger partial charge in [-0.25, -0.2) is 0 Å². The Labute approximate surface area is 94.5 Å². The molecule has 0 bridgehead atoms. The summed E-state index contributed by atoms with van der Waals surface area (Å²) in [6.45, 7) is 4.31. The first kappa shape index (κ1) is 12.2. The van der Waals surface area contributed by atoms with Crippen molar-refractivity contribution in [3.63, 3.8) is 0 Å². The summed E-state index contributed by atoms with van der Waals surface area (Å²) in [6.07, 6.45) is 0. The smallest absolute Gasteiger partial charge is 0.246 e. The van der Waals surface area contributed by atoms with E-state index in [1.165, 1.54) is 12.0 Å². The Morgan fingerprint density at radius 3 is 2.80 bits per heavy atom. The summed E-state index contributed by atoms with van der Waals surface area (Å²) in [5.74, 6) is 0.314. The van der Waals surface area contributed by atoms with Crippen molar-refractivity contribution in [1.29, 1.82) is 0 Å². The fraction of sp³-hybridized carbons (Fsp3) is 0.545. The highest BCUT2D eigenvalue weighted by molar-refractivity contribution is 7.10. The van der Waals surface area contributed by atoms with Gasteiger partial charge in [0.25, 0.3) is 0 Å². The molecule has 1 N–H and O–H groups in total. The molecule has 1 atom stereocenters. The second kappa shape index (κ2) is 5.88. The van der Waals surface area contributed by atoms with Gasteiger partial charge >= 0.3 is 0 Å². The first-order valence-electron chi connectivity index (χ1n) is 4.97. The van der Waals surface area contributed by atoms with Gasteiger partial charge in [-0.15, -0.1) is 11.3 Å². The predicted octanol–water partition coefficient (Wildman–Crippen LogP) is 2.21. The lowest BCUT2D eigenvalue weighted by Crippen LogP contribution is -2.33. The van der Waals surface area contributed by atoms with Crippen LogP contribution in [0.4, 0.5) is 0 Å². The number of methoxy groups -OCH3 is 1. The van der Waals surface area contributed by atoms with Crippen LogP contribution in [-0.2, 0) is 9.53 Å². The average molecular weight is 227 g/mol. The zero-order valence-corrected chi connectivity index (χ0v) is 10.1. The summed E-state index contributed by atoms with van der Waals surface area (Å²) in [7, 11) is 1.52. The Bertz CT molecular complexity index is 296. The van der Waals surface area contributed by atoms with Crippen molar-refractivity contribution in [1.82, 2.24) is 5.32 Å². The minimum Gasteiger partial charge on any atom is -0.375 e. The third-order valence-electron chi connectivity index (χ3n) is 2.11. The van der Waals surface area contributed by atoms with Crippen LogP contribution in [0.5, 0.6) is 0 Å². The van der Waals surface area contributed by atoms with E-state index in [-0.39, 0.29) is 18.6 Å². The van der Waals surface area contributed by atoms with Crippen molar-refractivity contribution in [2.45, 2.75) is 19.9 Å². The highest BCUT2D eigenvalue weighted by Crippen LogP contribution is 2.25. The van der Waals surface area contributed by atoms with E-state index in [1.54, 1.807) is 11.3 Å². The zero-order chi connectivity index (χ0) is 11.3. The molecule has 3 nitrogen and oxygen atoms in total. The van der Waals surface area contributed by atoms with Crippen LogP contribution in [0.25, 0.3) is 0 Å². The molecule has 0 aliphatic rings. The Morgan fingerprint density at radius 1 is 1.60 bits per heavy atom. The fourth-order valence-corrected chi connectivity index (χ4v) is 2.33. The molecule has 0 radical (unpaired) electrons. The molecule has 1 heterocycles. The van der Waals surface area contributed by atoms with Crippen molar-refractivity contribution < 1.29 is 9.53 Å². The molecule has 0 aromatic carbocycles. The van der Waals surface area contributed by atoms with Gasteiger partial charge in [0.15, 0.2) is 0 Å². The molecule has 0 saturated heterocycles. The van der Waals surface area contributed by atoms with Crippen LogP contribution in [0, 0.1) is 5.92 Å². The molecular weight excluding hydrogens is 210 g/mol. The lowest BCUT2D eigenvalue weighted by molar-refractivity contribution is -0.125. The Hall–Kier alpha value is -0.870. The number of hydrogen-bond donors (Lipinski definition) is 1. The third-order valence-corrected chi connectivity index (χ3v) is 3.06. The van der Waals surface area contributed by atoms with E-state index in [9.17, 15) is 4.79 Å². The minimum absolute atomic E-state index is 0.0652. The van der Waals surface area contributed by atoms with Crippen LogP contribution in [0.3, 0.4) is 0 Å². The molecule has 0 aliphatic heterocycles. The quantitative estimate of drug-likeness (QED) is 0.837. The maximum atomic E-state index is 11.4. The van der Waals surface area contributed by atoms with Gasteiger partial charge in [-0.2, -0.15) is 0 Å². The standard InChI is InChI=1S/C11H17NO2S/c1-8(2)11(9-5-4-6-15-9)12-10(13)7-14-3/h4-6,8,11H,7H2,1-3H3,(H,12,13). The molecule has 0 spiro atoms. The zero-order valence-electron chi connectivity index (χ0n) is 9.32. The molecule has 4 heteroatoms. The fourth-order valence-electron chi connectivity index (χ4n) is 1.38. The van der Waals surface area contributed by atoms with Crippen LogP contribution >= 0.6 is 11.3 Å². The first-order valence-corrected chi connectivity index (χ1v) is 5.84. The van der Waals surface area contributed by atoms with Gasteiger partial charge in [0.2, 0.25) is 5.91 Å². The second-order valence-corrected chi connectivity index (χ2v) is 4.72. The van der Waals surface area contributed by atoms with Crippen molar-refractivity contribution in [3.05, 3.63) is 22.4 Å². The van der Waals surface area contributed by atoms with Gasteiger partial charge in [-0.1, -0.05) is 19.9 Å². The summed E-state index contributed by atoms with van der Waals surface area (Å²) in [4.78, 5) is 12.6.